The molecule has 1 aliphatic rings. The van der Waals surface area contributed by atoms with Gasteiger partial charge in [0.25, 0.3) is 0 Å². The van der Waals surface area contributed by atoms with Gasteiger partial charge < -0.3 is 15.3 Å². The Balaban J connectivity index is 1.94. The number of anilines is 1. The highest BCUT2D eigenvalue weighted by Crippen LogP contribution is 2.15. The first-order valence-electron chi connectivity index (χ1n) is 4.87. The van der Waals surface area contributed by atoms with E-state index in [0.29, 0.717) is 23.5 Å². The summed E-state index contributed by atoms with van der Waals surface area (Å²) in [6.07, 6.45) is 3.14. The van der Waals surface area contributed by atoms with E-state index in [1.165, 1.54) is 4.90 Å². The number of rotatable bonds is 2. The molecule has 1 fully saturated rings. The minimum Gasteiger partial charge on any atom is -0.465 e. The maximum Gasteiger partial charge on any atom is 0.407 e. The lowest BCUT2D eigenvalue weighted by molar-refractivity contribution is 0.155. The minimum atomic E-state index is -0.871. The number of hydrogen-bond donors (Lipinski definition) is 2. The molecule has 1 aliphatic heterocycles. The van der Waals surface area contributed by atoms with Crippen LogP contribution in [0.2, 0.25) is 0 Å². The zero-order valence-corrected chi connectivity index (χ0v) is 10.0. The van der Waals surface area contributed by atoms with Crippen molar-refractivity contribution in [2.75, 3.05) is 18.4 Å². The van der Waals surface area contributed by atoms with Gasteiger partial charge in [0.05, 0.1) is 12.4 Å². The van der Waals surface area contributed by atoms with E-state index in [2.05, 4.69) is 31.2 Å². The van der Waals surface area contributed by atoms with E-state index in [1.807, 2.05) is 0 Å². The first-order valence-corrected chi connectivity index (χ1v) is 5.66. The maximum atomic E-state index is 10.7. The van der Waals surface area contributed by atoms with Gasteiger partial charge in [0.15, 0.2) is 0 Å². The summed E-state index contributed by atoms with van der Waals surface area (Å²) in [5, 5.41) is 12.0. The third-order valence-corrected chi connectivity index (χ3v) is 2.80. The molecule has 2 heterocycles. The molecule has 1 atom stereocenters. The molecule has 1 amide bonds. The molecule has 2 rings (SSSR count). The van der Waals surface area contributed by atoms with Crippen LogP contribution in [0.4, 0.5) is 10.6 Å². The van der Waals surface area contributed by atoms with Gasteiger partial charge in [0.1, 0.15) is 10.4 Å². The van der Waals surface area contributed by atoms with Gasteiger partial charge in [-0.1, -0.05) is 0 Å². The summed E-state index contributed by atoms with van der Waals surface area (Å²) >= 11 is 3.23. The molecule has 0 aromatic carbocycles. The van der Waals surface area contributed by atoms with Crippen molar-refractivity contribution in [1.82, 2.24) is 14.9 Å². The Hall–Kier alpha value is -1.37. The van der Waals surface area contributed by atoms with Gasteiger partial charge >= 0.3 is 6.09 Å². The zero-order valence-electron chi connectivity index (χ0n) is 8.43. The standard InChI is InChI=1S/C9H11BrN4O2/c10-7-3-11-4-8(13-7)12-6-1-2-14(5-6)9(15)16/h3-4,6H,1-2,5H2,(H,12,13)(H,15,16)/t6-/m0/s1. The third-order valence-electron chi connectivity index (χ3n) is 2.42. The quantitative estimate of drug-likeness (QED) is 0.859. The highest BCUT2D eigenvalue weighted by atomic mass is 79.9. The Morgan fingerprint density at radius 1 is 1.62 bits per heavy atom. The molecule has 2 N–H and O–H groups in total. The molecule has 7 heteroatoms. The van der Waals surface area contributed by atoms with Crippen LogP contribution in [0.15, 0.2) is 17.0 Å². The van der Waals surface area contributed by atoms with Crippen LogP contribution in [-0.4, -0.2) is 45.2 Å². The maximum absolute atomic E-state index is 10.7. The van der Waals surface area contributed by atoms with Crippen LogP contribution in [0, 0.1) is 0 Å². The van der Waals surface area contributed by atoms with Crippen molar-refractivity contribution in [3.8, 4) is 0 Å². The predicted octanol–water partition coefficient (Wildman–Crippen LogP) is 1.40. The van der Waals surface area contributed by atoms with Gasteiger partial charge in [-0.05, 0) is 22.4 Å². The summed E-state index contributed by atoms with van der Waals surface area (Å²) in [5.41, 5.74) is 0. The van der Waals surface area contributed by atoms with Crippen molar-refractivity contribution in [2.24, 2.45) is 0 Å². The number of nitrogens with zero attached hydrogens (tertiary/aromatic N) is 3. The number of carboxylic acid groups (broad SMARTS) is 1. The Labute approximate surface area is 101 Å². The Morgan fingerprint density at radius 2 is 2.44 bits per heavy atom. The van der Waals surface area contributed by atoms with Crippen LogP contribution < -0.4 is 5.32 Å². The average molecular weight is 287 g/mol. The highest BCUT2D eigenvalue weighted by molar-refractivity contribution is 9.10. The highest BCUT2D eigenvalue weighted by Gasteiger charge is 2.25. The molecule has 0 spiro atoms. The minimum absolute atomic E-state index is 0.111. The predicted molar refractivity (Wildman–Crippen MR) is 61.4 cm³/mol. The summed E-state index contributed by atoms with van der Waals surface area (Å²) < 4.78 is 0.658. The van der Waals surface area contributed by atoms with Crippen molar-refractivity contribution < 1.29 is 9.90 Å². The summed E-state index contributed by atoms with van der Waals surface area (Å²) in [5.74, 6) is 0.659. The zero-order chi connectivity index (χ0) is 11.5. The lowest BCUT2D eigenvalue weighted by Crippen LogP contribution is -2.30. The van der Waals surface area contributed by atoms with Crippen LogP contribution in [0.25, 0.3) is 0 Å². The second-order valence-corrected chi connectivity index (χ2v) is 4.40. The van der Waals surface area contributed by atoms with Crippen LogP contribution in [0.3, 0.4) is 0 Å². The van der Waals surface area contributed by atoms with E-state index in [1.54, 1.807) is 12.4 Å². The van der Waals surface area contributed by atoms with Gasteiger partial charge in [-0.15, -0.1) is 0 Å². The lowest BCUT2D eigenvalue weighted by atomic mass is 10.3. The fraction of sp³-hybridized carbons (Fsp3) is 0.444. The normalized spacial score (nSPS) is 19.8. The van der Waals surface area contributed by atoms with Crippen LogP contribution in [-0.2, 0) is 0 Å². The van der Waals surface area contributed by atoms with E-state index >= 15 is 0 Å². The van der Waals surface area contributed by atoms with Crippen molar-refractivity contribution in [1.29, 1.82) is 0 Å². The van der Waals surface area contributed by atoms with Crippen molar-refractivity contribution in [2.45, 2.75) is 12.5 Å². The Morgan fingerprint density at radius 3 is 3.06 bits per heavy atom. The molecule has 0 radical (unpaired) electrons. The molecule has 0 unspecified atom stereocenters. The summed E-state index contributed by atoms with van der Waals surface area (Å²) in [6, 6.07) is 0.111. The first kappa shape index (κ1) is 11.1. The third kappa shape index (κ3) is 2.60. The summed E-state index contributed by atoms with van der Waals surface area (Å²) in [4.78, 5) is 20.3. The van der Waals surface area contributed by atoms with Crippen molar-refractivity contribution in [3.05, 3.63) is 17.0 Å². The largest absolute Gasteiger partial charge is 0.465 e. The molecule has 1 aromatic rings. The monoisotopic (exact) mass is 286 g/mol. The van der Waals surface area contributed by atoms with Crippen LogP contribution >= 0.6 is 15.9 Å². The van der Waals surface area contributed by atoms with Crippen molar-refractivity contribution >= 4 is 27.8 Å². The number of amides is 1. The second kappa shape index (κ2) is 4.65. The number of aromatic nitrogens is 2. The fourth-order valence-electron chi connectivity index (χ4n) is 1.67. The number of halogens is 1. The Kier molecular flexibility index (Phi) is 3.23. The molecule has 0 aliphatic carbocycles. The smallest absolute Gasteiger partial charge is 0.407 e. The van der Waals surface area contributed by atoms with Crippen LogP contribution in [0.1, 0.15) is 6.42 Å². The topological polar surface area (TPSA) is 78.4 Å². The van der Waals surface area contributed by atoms with Gasteiger partial charge in [0.2, 0.25) is 0 Å². The number of carbonyl (C=O) groups is 1. The van der Waals surface area contributed by atoms with E-state index in [0.717, 1.165) is 6.42 Å². The molecular formula is C9H11BrN4O2. The molecule has 1 saturated heterocycles. The summed E-state index contributed by atoms with van der Waals surface area (Å²) in [7, 11) is 0. The average Bonchev–Trinajstić information content (AvgIpc) is 2.66. The molecule has 6 nitrogen and oxygen atoms in total. The van der Waals surface area contributed by atoms with E-state index < -0.39 is 6.09 Å². The number of nitrogens with one attached hydrogen (secondary N) is 1. The van der Waals surface area contributed by atoms with Gasteiger partial charge in [-0.2, -0.15) is 0 Å². The van der Waals surface area contributed by atoms with Crippen molar-refractivity contribution in [3.63, 3.8) is 0 Å². The number of likely N-dealkylation sites (tertiary alicyclic amines) is 1. The molecule has 16 heavy (non-hydrogen) atoms. The fourth-order valence-corrected chi connectivity index (χ4v) is 1.98. The molecule has 86 valence electrons. The first-order chi connectivity index (χ1) is 7.65. The van der Waals surface area contributed by atoms with Gasteiger partial charge in [0, 0.05) is 19.1 Å². The SMILES string of the molecule is O=C(O)N1CC[C@H](Nc2cncc(Br)n2)C1. The van der Waals surface area contributed by atoms with E-state index in [9.17, 15) is 4.79 Å². The second-order valence-electron chi connectivity index (χ2n) is 3.59. The number of hydrogen-bond acceptors (Lipinski definition) is 4. The Bertz CT molecular complexity index is 401. The lowest BCUT2D eigenvalue weighted by Gasteiger charge is -2.14. The van der Waals surface area contributed by atoms with E-state index in [-0.39, 0.29) is 6.04 Å². The molecule has 0 saturated carbocycles. The van der Waals surface area contributed by atoms with Crippen LogP contribution in [0.5, 0.6) is 0 Å². The summed E-state index contributed by atoms with van der Waals surface area (Å²) in [6.45, 7) is 1.05. The molecular weight excluding hydrogens is 276 g/mol. The molecule has 1 aromatic heterocycles. The van der Waals surface area contributed by atoms with Gasteiger partial charge in [-0.3, -0.25) is 4.98 Å². The molecule has 0 bridgehead atoms. The van der Waals surface area contributed by atoms with Gasteiger partial charge in [-0.25, -0.2) is 9.78 Å². The van der Waals surface area contributed by atoms with E-state index in [4.69, 9.17) is 5.11 Å².